The number of fused-ring (bicyclic) bond motifs is 8. The van der Waals surface area contributed by atoms with E-state index in [4.69, 9.17) is 126 Å². The van der Waals surface area contributed by atoms with E-state index in [1.807, 2.05) is 135 Å². The van der Waals surface area contributed by atoms with E-state index in [0.717, 1.165) is 19.3 Å². The predicted octanol–water partition coefficient (Wildman–Crippen LogP) is 12.6. The van der Waals surface area contributed by atoms with Crippen LogP contribution < -0.4 is 0 Å². The maximum Gasteiger partial charge on any atom is 0.373 e. The maximum absolute atomic E-state index is 12.3. The lowest BCUT2D eigenvalue weighted by Gasteiger charge is -2.55. The molecule has 23 atom stereocenters. The van der Waals surface area contributed by atoms with Gasteiger partial charge in [0.1, 0.15) is 56.0 Å². The minimum atomic E-state index is -1.26. The van der Waals surface area contributed by atoms with E-state index in [9.17, 15) is 71.9 Å². The molecule has 5 N–H and O–H groups in total. The summed E-state index contributed by atoms with van der Waals surface area (Å²) in [6.07, 6.45) is 27.3. The van der Waals surface area contributed by atoms with Gasteiger partial charge >= 0.3 is 120 Å². The second-order valence-corrected chi connectivity index (χ2v) is 42.9. The summed E-state index contributed by atoms with van der Waals surface area (Å²) < 4.78 is 62.7. The van der Waals surface area contributed by atoms with Crippen LogP contribution in [0.4, 0.5) is 0 Å². The van der Waals surface area contributed by atoms with Gasteiger partial charge in [-0.15, -0.1) is 11.8 Å². The van der Waals surface area contributed by atoms with Gasteiger partial charge < -0.3 is 77.6 Å². The first kappa shape index (κ1) is 133. The average Bonchev–Trinajstić information content (AvgIpc) is 1.28. The first-order valence-electron chi connectivity index (χ1n) is 47.6. The van der Waals surface area contributed by atoms with Crippen LogP contribution >= 0.6 is 11.8 Å². The molecule has 10 aliphatic rings. The fourth-order valence-corrected chi connectivity index (χ4v) is 22.7. The standard InChI is InChI=1S/C21H32O6.C20H30O6.C19H28O7.C19H28O6S.C19H30O6.5CO2/c1-7-15(22)26-20(3,4)16-13-8-10-14(11-9-13)17(16)21(5,6)27-19(25)12(2)18(23)24;1-7-14(21)25-19(3,4)15-12-8-9-13(10-12)16(15)20(5,6)26-18(24)11(2)17(22)23;1-7-13(20)25-18(3,4)14-11-8-9-12(24-11)15(14)19(5,6)26-17(23)10(2)16(21)22;1-7-13(20)24-18(3,4)14-11-8-9-12(26-11)15(14)19(5,6)25-17(23)10(2)16(21)22;1-7-15(20)24-18(3,4)13-10-8-9-11-14(13)19(5,6)25-17(23)12(2)16(21)22;5*2-1-3/h8,10,12-14,16-17H,7,9,11H2,1-6H3,(H,23,24);8-9,11-13,15-16H,7,10H2,1-6H3,(H,22,23);2*8-12,14-15H,7H2,1-6H3,(H,21,22);8-9,12-14H,7,10-11H2,1-6H3,(H,21,22);;;;;. The lowest BCUT2D eigenvalue weighted by molar-refractivity contribution is -0.196. The number of carbonyl (C=O) groups is 15. The smallest absolute Gasteiger partial charge is 0.373 e. The maximum atomic E-state index is 12.3. The fraction of sp³-hybridized carbons (Fsp3) is 0.709. The van der Waals surface area contributed by atoms with Crippen LogP contribution in [0.15, 0.2) is 60.8 Å². The molecule has 8 bridgehead atoms. The number of carbonyl (C=O) groups excluding carboxylic acids is 20. The summed E-state index contributed by atoms with van der Waals surface area (Å²) in [5.41, 5.74) is -8.21. The van der Waals surface area contributed by atoms with E-state index in [0.29, 0.717) is 38.5 Å². The van der Waals surface area contributed by atoms with Crippen molar-refractivity contribution in [1.82, 2.24) is 0 Å². The molecule has 23 unspecified atom stereocenters. The van der Waals surface area contributed by atoms with Crippen LogP contribution in [0.1, 0.15) is 272 Å². The quantitative estimate of drug-likeness (QED) is 0.0170. The van der Waals surface area contributed by atoms with Gasteiger partial charge in [-0.05, 0) is 229 Å². The number of carboxylic acid groups (broad SMARTS) is 5. The molecule has 4 fully saturated rings. The van der Waals surface area contributed by atoms with Gasteiger partial charge in [0, 0.05) is 102 Å². The molecule has 42 heteroatoms. The third-order valence-electron chi connectivity index (χ3n) is 27.4. The summed E-state index contributed by atoms with van der Waals surface area (Å²) >= 11 is 1.77. The fourth-order valence-electron chi connectivity index (χ4n) is 20.7. The Balaban J connectivity index is 0.00000172. The Bertz CT molecular complexity index is 4500. The monoisotopic (exact) mass is 2070 g/mol. The number of hydrogen-bond donors (Lipinski definition) is 5. The van der Waals surface area contributed by atoms with Gasteiger partial charge in [-0.1, -0.05) is 95.4 Å². The van der Waals surface area contributed by atoms with Crippen LogP contribution in [-0.2, 0) is 172 Å². The summed E-state index contributed by atoms with van der Waals surface area (Å²) in [7, 11) is 0. The molecule has 10 rings (SSSR count). The molecule has 812 valence electrons. The highest BCUT2D eigenvalue weighted by Gasteiger charge is 2.64. The molecule has 6 aliphatic carbocycles. The van der Waals surface area contributed by atoms with Gasteiger partial charge in [-0.3, -0.25) is 71.9 Å². The van der Waals surface area contributed by atoms with Gasteiger partial charge in [-0.2, -0.15) is 47.9 Å². The Labute approximate surface area is 849 Å². The van der Waals surface area contributed by atoms with Crippen molar-refractivity contribution in [1.29, 1.82) is 0 Å². The largest absolute Gasteiger partial charge is 0.481 e. The first-order chi connectivity index (χ1) is 66.6. The molecule has 0 amide bonds. The van der Waals surface area contributed by atoms with E-state index in [-0.39, 0.29) is 173 Å². The van der Waals surface area contributed by atoms with Crippen molar-refractivity contribution in [2.24, 2.45) is 112 Å². The van der Waals surface area contributed by atoms with Gasteiger partial charge in [0.2, 0.25) is 0 Å². The zero-order chi connectivity index (χ0) is 113. The van der Waals surface area contributed by atoms with Crippen molar-refractivity contribution in [3.8, 4) is 0 Å². The predicted molar refractivity (Wildman–Crippen MR) is 504 cm³/mol. The second-order valence-electron chi connectivity index (χ2n) is 41.5. The molecule has 0 spiro atoms. The van der Waals surface area contributed by atoms with E-state index in [1.54, 1.807) is 74.1 Å². The molecule has 0 radical (unpaired) electrons. The molecule has 2 saturated carbocycles. The molecule has 4 aliphatic heterocycles. The van der Waals surface area contributed by atoms with E-state index in [2.05, 4.69) is 36.5 Å². The highest BCUT2D eigenvalue weighted by molar-refractivity contribution is 8.01. The van der Waals surface area contributed by atoms with Crippen molar-refractivity contribution in [2.45, 2.75) is 351 Å². The number of aliphatic carboxylic acids is 5. The van der Waals surface area contributed by atoms with Crippen molar-refractivity contribution in [3.63, 3.8) is 0 Å². The minimum Gasteiger partial charge on any atom is -0.481 e. The number of hydrogen-bond acceptors (Lipinski definition) is 37. The van der Waals surface area contributed by atoms with Crippen LogP contribution in [0, 0.1) is 112 Å². The molecular weight excluding hydrogens is 1930 g/mol. The van der Waals surface area contributed by atoms with Crippen LogP contribution in [0.2, 0.25) is 0 Å². The SMILES string of the molecule is CCC(=O)OC(C)(C)C1C2C=CC(C2)C1C(C)(C)OC(=O)C(C)C(=O)O.CCC(=O)OC(C)(C)C1C2C=CC(CC2)C1C(C)(C)OC(=O)C(C)C(=O)O.CCC(=O)OC(C)(C)C1C2C=CC(O2)C1C(C)(C)OC(=O)C(C)C(=O)O.CCC(=O)OC(C)(C)C1C2C=CC(S2)C1C(C)(C)OC(=O)C(C)C(=O)O.CCC(=O)OC(C)(C)C1CC=CCC1C(C)(C)OC(=O)C(C)C(=O)O.O=C=O.O=C=O.O=C=O.O=C=O.O=C=O. The number of rotatable bonds is 35. The van der Waals surface area contributed by atoms with Gasteiger partial charge in [0.25, 0.3) is 0 Å². The Morgan fingerprint density at radius 1 is 0.276 bits per heavy atom. The Morgan fingerprint density at radius 2 is 0.455 bits per heavy atom. The van der Waals surface area contributed by atoms with Gasteiger partial charge in [-0.25, -0.2) is 0 Å². The van der Waals surface area contributed by atoms with Crippen LogP contribution in [0.5, 0.6) is 0 Å². The first-order valence-corrected chi connectivity index (χ1v) is 48.6. The molecule has 145 heavy (non-hydrogen) atoms. The summed E-state index contributed by atoms with van der Waals surface area (Å²) in [5, 5.41) is 45.5. The molecule has 0 aromatic rings. The van der Waals surface area contributed by atoms with Crippen molar-refractivity contribution in [3.05, 3.63) is 60.8 Å². The highest BCUT2D eigenvalue weighted by Crippen LogP contribution is 2.61. The lowest BCUT2D eigenvalue weighted by Crippen LogP contribution is -2.57. The van der Waals surface area contributed by atoms with Gasteiger partial charge in [0.15, 0.2) is 29.6 Å². The Morgan fingerprint density at radius 3 is 0.683 bits per heavy atom. The molecular formula is C103H148O41S. The third kappa shape index (κ3) is 37.4. The van der Waals surface area contributed by atoms with Crippen LogP contribution in [-0.4, -0.2) is 225 Å². The van der Waals surface area contributed by atoms with E-state index in [1.165, 1.54) is 34.6 Å². The summed E-state index contributed by atoms with van der Waals surface area (Å²) in [6, 6.07) is 0. The summed E-state index contributed by atoms with van der Waals surface area (Å²) in [6.45, 7) is 52.2. The highest BCUT2D eigenvalue weighted by atomic mass is 32.2. The third-order valence-corrected chi connectivity index (χ3v) is 28.9. The van der Waals surface area contributed by atoms with E-state index < -0.39 is 145 Å². The molecule has 0 aromatic heterocycles. The molecule has 2 saturated heterocycles. The zero-order valence-electron chi connectivity index (χ0n) is 88.5. The second kappa shape index (κ2) is 57.2. The summed E-state index contributed by atoms with van der Waals surface area (Å²) in [4.78, 5) is 257. The number of esters is 10. The molecule has 41 nitrogen and oxygen atoms in total. The minimum absolute atomic E-state index is 0.00376. The topological polar surface area (TPSA) is 629 Å². The van der Waals surface area contributed by atoms with Crippen LogP contribution in [0.25, 0.3) is 0 Å². The normalized spacial score (nSPS) is 24.8. The lowest BCUT2D eigenvalue weighted by atomic mass is 9.54. The number of carboxylic acids is 5. The Hall–Kier alpha value is -12.0. The Kier molecular flexibility index (Phi) is 52.4. The number of allylic oxidation sites excluding steroid dienone is 6. The van der Waals surface area contributed by atoms with Crippen molar-refractivity contribution < 1.29 is 198 Å². The number of ether oxygens (including phenoxy) is 11. The zero-order valence-corrected chi connectivity index (χ0v) is 89.3. The van der Waals surface area contributed by atoms with Crippen molar-refractivity contribution in [2.75, 3.05) is 0 Å². The average molecular weight is 2070 g/mol. The number of thioether (sulfide) groups is 1. The van der Waals surface area contributed by atoms with Crippen LogP contribution in [0.3, 0.4) is 0 Å². The van der Waals surface area contributed by atoms with Crippen molar-refractivity contribution >= 4 is 132 Å². The molecule has 4 heterocycles. The van der Waals surface area contributed by atoms with E-state index >= 15 is 0 Å². The summed E-state index contributed by atoms with van der Waals surface area (Å²) in [5.74, 6) is -17.3. The molecule has 0 aromatic carbocycles. The van der Waals surface area contributed by atoms with Gasteiger partial charge in [0.05, 0.1) is 12.2 Å².